The van der Waals surface area contributed by atoms with Gasteiger partial charge in [-0.2, -0.15) is 0 Å². The van der Waals surface area contributed by atoms with Crippen LogP contribution in [0.3, 0.4) is 0 Å². The largest absolute Gasteiger partial charge is 0.317 e. The van der Waals surface area contributed by atoms with Gasteiger partial charge >= 0.3 is 0 Å². The molecule has 68 valence electrons. The van der Waals surface area contributed by atoms with Crippen LogP contribution in [0.15, 0.2) is 0 Å². The Morgan fingerprint density at radius 3 is 2.00 bits per heavy atom. The molecular formula is C10H23N. The lowest BCUT2D eigenvalue weighted by Crippen LogP contribution is -2.26. The molecular weight excluding hydrogens is 134 g/mol. The van der Waals surface area contributed by atoms with Crippen LogP contribution in [0.4, 0.5) is 0 Å². The first kappa shape index (κ1) is 11.0. The molecule has 0 rings (SSSR count). The fourth-order valence-electron chi connectivity index (χ4n) is 1.48. The fourth-order valence-corrected chi connectivity index (χ4v) is 1.48. The maximum atomic E-state index is 3.28. The topological polar surface area (TPSA) is 12.0 Å². The van der Waals surface area contributed by atoms with Gasteiger partial charge in [0.1, 0.15) is 0 Å². The molecule has 1 nitrogen and oxygen atoms in total. The SMILES string of the molecule is CCC(CC(C)NC)C(C)C. The Labute approximate surface area is 71.6 Å². The molecule has 0 aliphatic heterocycles. The van der Waals surface area contributed by atoms with Crippen LogP contribution in [0.5, 0.6) is 0 Å². The van der Waals surface area contributed by atoms with E-state index in [0.717, 1.165) is 11.8 Å². The van der Waals surface area contributed by atoms with Gasteiger partial charge < -0.3 is 5.32 Å². The smallest absolute Gasteiger partial charge is 0.00384 e. The Hall–Kier alpha value is -0.0400. The first-order valence-corrected chi connectivity index (χ1v) is 4.79. The highest BCUT2D eigenvalue weighted by Crippen LogP contribution is 2.20. The van der Waals surface area contributed by atoms with Crippen LogP contribution < -0.4 is 5.32 Å². The minimum atomic E-state index is 0.669. The van der Waals surface area contributed by atoms with E-state index in [-0.39, 0.29) is 0 Å². The second kappa shape index (κ2) is 5.59. The summed E-state index contributed by atoms with van der Waals surface area (Å²) < 4.78 is 0. The van der Waals surface area contributed by atoms with Gasteiger partial charge in [-0.1, -0.05) is 27.2 Å². The average molecular weight is 157 g/mol. The molecule has 0 aliphatic carbocycles. The van der Waals surface area contributed by atoms with Gasteiger partial charge in [-0.05, 0) is 32.2 Å². The van der Waals surface area contributed by atoms with E-state index < -0.39 is 0 Å². The summed E-state index contributed by atoms with van der Waals surface area (Å²) in [5.74, 6) is 1.72. The third-order valence-electron chi connectivity index (χ3n) is 2.62. The van der Waals surface area contributed by atoms with Gasteiger partial charge in [-0.25, -0.2) is 0 Å². The van der Waals surface area contributed by atoms with E-state index in [1.807, 2.05) is 7.05 Å². The van der Waals surface area contributed by atoms with Gasteiger partial charge in [0.15, 0.2) is 0 Å². The lowest BCUT2D eigenvalue weighted by atomic mass is 9.88. The molecule has 0 aliphatic rings. The van der Waals surface area contributed by atoms with Crippen LogP contribution in [-0.4, -0.2) is 13.1 Å². The first-order chi connectivity index (χ1) is 5.11. The Morgan fingerprint density at radius 1 is 1.18 bits per heavy atom. The van der Waals surface area contributed by atoms with Crippen molar-refractivity contribution in [3.05, 3.63) is 0 Å². The van der Waals surface area contributed by atoms with Crippen molar-refractivity contribution >= 4 is 0 Å². The second-order valence-electron chi connectivity index (χ2n) is 3.84. The van der Waals surface area contributed by atoms with Crippen LogP contribution in [0.2, 0.25) is 0 Å². The number of hydrogen-bond acceptors (Lipinski definition) is 1. The molecule has 0 saturated heterocycles. The molecule has 0 saturated carbocycles. The molecule has 0 aromatic carbocycles. The molecule has 0 fully saturated rings. The molecule has 11 heavy (non-hydrogen) atoms. The quantitative estimate of drug-likeness (QED) is 0.647. The normalized spacial score (nSPS) is 16.9. The molecule has 1 N–H and O–H groups in total. The number of rotatable bonds is 5. The molecule has 2 unspecified atom stereocenters. The van der Waals surface area contributed by atoms with Gasteiger partial charge in [-0.15, -0.1) is 0 Å². The summed E-state index contributed by atoms with van der Waals surface area (Å²) in [7, 11) is 2.04. The Balaban J connectivity index is 3.68. The van der Waals surface area contributed by atoms with Gasteiger partial charge in [0.05, 0.1) is 0 Å². The zero-order valence-corrected chi connectivity index (χ0v) is 8.65. The summed E-state index contributed by atoms with van der Waals surface area (Å²) in [4.78, 5) is 0. The third kappa shape index (κ3) is 4.41. The molecule has 0 heterocycles. The second-order valence-corrected chi connectivity index (χ2v) is 3.84. The highest BCUT2D eigenvalue weighted by molar-refractivity contribution is 4.67. The van der Waals surface area contributed by atoms with Crippen molar-refractivity contribution in [3.63, 3.8) is 0 Å². The standard InChI is InChI=1S/C10H23N/c1-6-10(8(2)3)7-9(4)11-5/h8-11H,6-7H2,1-5H3. The molecule has 2 atom stereocenters. The lowest BCUT2D eigenvalue weighted by molar-refractivity contribution is 0.315. The predicted octanol–water partition coefficient (Wildman–Crippen LogP) is 2.67. The monoisotopic (exact) mass is 157 g/mol. The van der Waals surface area contributed by atoms with Crippen LogP contribution in [-0.2, 0) is 0 Å². The number of nitrogens with one attached hydrogen (secondary N) is 1. The molecule has 0 aromatic rings. The highest BCUT2D eigenvalue weighted by Gasteiger charge is 2.13. The van der Waals surface area contributed by atoms with Crippen molar-refractivity contribution in [1.29, 1.82) is 0 Å². The maximum Gasteiger partial charge on any atom is 0.00384 e. The van der Waals surface area contributed by atoms with E-state index in [9.17, 15) is 0 Å². The van der Waals surface area contributed by atoms with Gasteiger partial charge in [0.25, 0.3) is 0 Å². The summed E-state index contributed by atoms with van der Waals surface area (Å²) in [5, 5.41) is 3.28. The van der Waals surface area contributed by atoms with Crippen molar-refractivity contribution in [2.45, 2.75) is 46.6 Å². The zero-order chi connectivity index (χ0) is 8.85. The predicted molar refractivity (Wildman–Crippen MR) is 51.8 cm³/mol. The van der Waals surface area contributed by atoms with E-state index in [4.69, 9.17) is 0 Å². The van der Waals surface area contributed by atoms with E-state index in [0.29, 0.717) is 6.04 Å². The summed E-state index contributed by atoms with van der Waals surface area (Å²) in [6, 6.07) is 0.669. The van der Waals surface area contributed by atoms with E-state index in [1.54, 1.807) is 0 Å². The zero-order valence-electron chi connectivity index (χ0n) is 8.65. The van der Waals surface area contributed by atoms with Crippen LogP contribution >= 0.6 is 0 Å². The minimum Gasteiger partial charge on any atom is -0.317 e. The van der Waals surface area contributed by atoms with Gasteiger partial charge in [0, 0.05) is 6.04 Å². The van der Waals surface area contributed by atoms with Crippen molar-refractivity contribution < 1.29 is 0 Å². The van der Waals surface area contributed by atoms with Gasteiger partial charge in [0.2, 0.25) is 0 Å². The third-order valence-corrected chi connectivity index (χ3v) is 2.62. The lowest BCUT2D eigenvalue weighted by Gasteiger charge is -2.22. The van der Waals surface area contributed by atoms with Crippen molar-refractivity contribution in [2.24, 2.45) is 11.8 Å². The van der Waals surface area contributed by atoms with Gasteiger partial charge in [-0.3, -0.25) is 0 Å². The summed E-state index contributed by atoms with van der Waals surface area (Å²) >= 11 is 0. The molecule has 1 heteroatoms. The van der Waals surface area contributed by atoms with E-state index >= 15 is 0 Å². The van der Waals surface area contributed by atoms with E-state index in [1.165, 1.54) is 12.8 Å². The molecule has 0 bridgehead atoms. The molecule has 0 aromatic heterocycles. The van der Waals surface area contributed by atoms with Crippen molar-refractivity contribution in [1.82, 2.24) is 5.32 Å². The van der Waals surface area contributed by atoms with Crippen LogP contribution in [0, 0.1) is 11.8 Å². The number of hydrogen-bond donors (Lipinski definition) is 1. The van der Waals surface area contributed by atoms with Crippen LogP contribution in [0.25, 0.3) is 0 Å². The Bertz CT molecular complexity index is 88.9. The van der Waals surface area contributed by atoms with E-state index in [2.05, 4.69) is 33.0 Å². The summed E-state index contributed by atoms with van der Waals surface area (Å²) in [6.45, 7) is 9.17. The van der Waals surface area contributed by atoms with Crippen molar-refractivity contribution in [2.75, 3.05) is 7.05 Å². The van der Waals surface area contributed by atoms with Crippen LogP contribution in [0.1, 0.15) is 40.5 Å². The Morgan fingerprint density at radius 2 is 1.73 bits per heavy atom. The summed E-state index contributed by atoms with van der Waals surface area (Å²) in [6.07, 6.45) is 2.62. The average Bonchev–Trinajstić information content (AvgIpc) is 1.99. The molecule has 0 radical (unpaired) electrons. The molecule has 0 spiro atoms. The Kier molecular flexibility index (Phi) is 5.57. The highest BCUT2D eigenvalue weighted by atomic mass is 14.8. The van der Waals surface area contributed by atoms with Crippen molar-refractivity contribution in [3.8, 4) is 0 Å². The minimum absolute atomic E-state index is 0.669. The maximum absolute atomic E-state index is 3.28. The first-order valence-electron chi connectivity index (χ1n) is 4.79. The fraction of sp³-hybridized carbons (Fsp3) is 1.00. The summed E-state index contributed by atoms with van der Waals surface area (Å²) in [5.41, 5.74) is 0. The molecule has 0 amide bonds.